The molecular weight excluding hydrogens is 528 g/mol. The van der Waals surface area contributed by atoms with Gasteiger partial charge in [0.1, 0.15) is 0 Å². The minimum atomic E-state index is 0.0246. The molecule has 0 saturated carbocycles. The van der Waals surface area contributed by atoms with Gasteiger partial charge in [-0.3, -0.25) is 0 Å². The Morgan fingerprint density at radius 2 is 0.795 bits per heavy atom. The minimum absolute atomic E-state index is 0.0246. The van der Waals surface area contributed by atoms with Crippen LogP contribution in [0.25, 0.3) is 66.1 Å². The molecule has 44 heavy (non-hydrogen) atoms. The lowest BCUT2D eigenvalue weighted by atomic mass is 9.79. The number of fused-ring (bicyclic) bond motifs is 4. The lowest BCUT2D eigenvalue weighted by molar-refractivity contribution is 0.589. The summed E-state index contributed by atoms with van der Waals surface area (Å²) in [5.74, 6) is 0. The van der Waals surface area contributed by atoms with Crippen LogP contribution in [0.5, 0.6) is 0 Å². The van der Waals surface area contributed by atoms with Gasteiger partial charge in [0.05, 0.1) is 0 Å². The number of rotatable bonds is 2. The fourth-order valence-electron chi connectivity index (χ4n) is 7.08. The third kappa shape index (κ3) is 4.50. The van der Waals surface area contributed by atoms with Crippen molar-refractivity contribution in [3.63, 3.8) is 0 Å². The maximum atomic E-state index is 2.51. The van der Waals surface area contributed by atoms with Crippen molar-refractivity contribution < 1.29 is 0 Å². The smallest absolute Gasteiger partial charge is 0.000731 e. The third-order valence-electron chi connectivity index (χ3n) is 9.62. The summed E-state index contributed by atoms with van der Waals surface area (Å²) in [7, 11) is 0. The molecule has 6 aromatic rings. The molecule has 0 unspecified atom stereocenters. The molecule has 7 rings (SSSR count). The molecule has 0 aromatic heterocycles. The molecule has 0 N–H and O–H groups in total. The van der Waals surface area contributed by atoms with E-state index in [0.717, 1.165) is 0 Å². The summed E-state index contributed by atoms with van der Waals surface area (Å²) in [5.41, 5.74) is 15.0. The first-order valence-electron chi connectivity index (χ1n) is 16.1. The van der Waals surface area contributed by atoms with Gasteiger partial charge in [-0.15, -0.1) is 0 Å². The predicted octanol–water partition coefficient (Wildman–Crippen LogP) is 12.9. The fraction of sp³-hybridized carbons (Fsp3) is 0.273. The normalized spacial score (nSPS) is 13.1. The maximum Gasteiger partial charge on any atom is -0.000731 e. The van der Waals surface area contributed by atoms with Crippen LogP contribution in [0.4, 0.5) is 0 Å². The summed E-state index contributed by atoms with van der Waals surface area (Å²) < 4.78 is 0. The van der Waals surface area contributed by atoms with Crippen LogP contribution in [-0.4, -0.2) is 0 Å². The largest absolute Gasteiger partial charge is 0.0622 e. The van der Waals surface area contributed by atoms with Gasteiger partial charge in [0.15, 0.2) is 0 Å². The molecule has 1 aliphatic rings. The molecule has 0 aliphatic heterocycles. The molecule has 0 spiro atoms. The van der Waals surface area contributed by atoms with Gasteiger partial charge in [0, 0.05) is 0 Å². The molecule has 1 aliphatic carbocycles. The average Bonchev–Trinajstić information content (AvgIpc) is 3.29. The maximum absolute atomic E-state index is 2.51. The van der Waals surface area contributed by atoms with Crippen LogP contribution in [0, 0.1) is 0 Å². The zero-order valence-electron chi connectivity index (χ0n) is 27.8. The molecule has 0 heterocycles. The second-order valence-corrected chi connectivity index (χ2v) is 15.9. The summed E-state index contributed by atoms with van der Waals surface area (Å²) in [6.45, 7) is 21.0. The Bertz CT molecular complexity index is 2060. The Morgan fingerprint density at radius 1 is 0.364 bits per heavy atom. The van der Waals surface area contributed by atoms with Crippen molar-refractivity contribution in [2.75, 3.05) is 0 Å². The van der Waals surface area contributed by atoms with Gasteiger partial charge in [0.25, 0.3) is 0 Å². The third-order valence-corrected chi connectivity index (χ3v) is 9.62. The van der Waals surface area contributed by atoms with E-state index in [1.165, 1.54) is 82.7 Å². The lowest BCUT2D eigenvalue weighted by Gasteiger charge is -2.25. The second kappa shape index (κ2) is 9.67. The molecule has 0 atom stereocenters. The Kier molecular flexibility index (Phi) is 6.29. The van der Waals surface area contributed by atoms with Crippen LogP contribution in [-0.2, 0) is 16.2 Å². The quantitative estimate of drug-likeness (QED) is 0.193. The molecule has 0 nitrogen and oxygen atoms in total. The van der Waals surface area contributed by atoms with E-state index in [1.54, 1.807) is 0 Å². The van der Waals surface area contributed by atoms with Crippen LogP contribution in [0.2, 0.25) is 0 Å². The topological polar surface area (TPSA) is 0 Å². The highest BCUT2D eigenvalue weighted by Gasteiger charge is 2.33. The van der Waals surface area contributed by atoms with E-state index >= 15 is 0 Å². The second-order valence-electron chi connectivity index (χ2n) is 15.9. The molecule has 0 bridgehead atoms. The van der Waals surface area contributed by atoms with Crippen molar-refractivity contribution in [3.05, 3.63) is 120 Å². The standard InChI is InChI=1S/C44H44/c1-42(2,3)30-20-21-33-34(24-30)39(28-18-14-11-15-19-28)41-36-26-32(44(7,8)9)23-29-22-31(43(4,5)6)25-35(37(29)36)40(41)38(33)27-16-12-10-13-17-27/h10-26H,1-9H3. The fourth-order valence-corrected chi connectivity index (χ4v) is 7.08. The zero-order valence-corrected chi connectivity index (χ0v) is 27.8. The Morgan fingerprint density at radius 3 is 1.23 bits per heavy atom. The SMILES string of the molecule is CC(C)(C)c1cc2c3c(cc(C(C)(C)C)cc3c1)-c1c-2c(-c2ccccc2)c2ccc(C(C)(C)C)cc2c1-c1ccccc1. The van der Waals surface area contributed by atoms with Crippen molar-refractivity contribution in [3.8, 4) is 44.5 Å². The van der Waals surface area contributed by atoms with Gasteiger partial charge in [0.2, 0.25) is 0 Å². The Hall–Kier alpha value is -4.16. The van der Waals surface area contributed by atoms with Crippen LogP contribution in [0.1, 0.15) is 79.0 Å². The van der Waals surface area contributed by atoms with Crippen molar-refractivity contribution in [1.29, 1.82) is 0 Å². The average molecular weight is 573 g/mol. The highest BCUT2D eigenvalue weighted by atomic mass is 14.4. The molecule has 0 saturated heterocycles. The molecule has 0 fully saturated rings. The highest BCUT2D eigenvalue weighted by molar-refractivity contribution is 6.27. The molecule has 220 valence electrons. The van der Waals surface area contributed by atoms with E-state index in [4.69, 9.17) is 0 Å². The van der Waals surface area contributed by atoms with Gasteiger partial charge in [-0.05, 0) is 117 Å². The number of hydrogen-bond acceptors (Lipinski definition) is 0. The summed E-state index contributed by atoms with van der Waals surface area (Å²) >= 11 is 0. The van der Waals surface area contributed by atoms with Crippen LogP contribution in [0.3, 0.4) is 0 Å². The first-order valence-corrected chi connectivity index (χ1v) is 16.1. The Labute approximate surface area is 263 Å². The van der Waals surface area contributed by atoms with Crippen molar-refractivity contribution in [2.45, 2.75) is 78.6 Å². The summed E-state index contributed by atoms with van der Waals surface area (Å²) in [5, 5.41) is 5.39. The molecular formula is C44H44. The van der Waals surface area contributed by atoms with E-state index in [2.05, 4.69) is 165 Å². The minimum Gasteiger partial charge on any atom is -0.0622 e. The Balaban J connectivity index is 1.78. The van der Waals surface area contributed by atoms with E-state index in [-0.39, 0.29) is 16.2 Å². The van der Waals surface area contributed by atoms with Gasteiger partial charge in [-0.1, -0.05) is 147 Å². The van der Waals surface area contributed by atoms with E-state index < -0.39 is 0 Å². The van der Waals surface area contributed by atoms with Crippen molar-refractivity contribution in [2.24, 2.45) is 0 Å². The monoisotopic (exact) mass is 572 g/mol. The van der Waals surface area contributed by atoms with Gasteiger partial charge in [-0.2, -0.15) is 0 Å². The number of hydrogen-bond donors (Lipinski definition) is 0. The van der Waals surface area contributed by atoms with Crippen LogP contribution < -0.4 is 0 Å². The van der Waals surface area contributed by atoms with Gasteiger partial charge >= 0.3 is 0 Å². The summed E-state index contributed by atoms with van der Waals surface area (Å²) in [6, 6.07) is 39.4. The molecule has 0 radical (unpaired) electrons. The zero-order chi connectivity index (χ0) is 31.2. The summed E-state index contributed by atoms with van der Waals surface area (Å²) in [6.07, 6.45) is 0. The van der Waals surface area contributed by atoms with Crippen molar-refractivity contribution in [1.82, 2.24) is 0 Å². The van der Waals surface area contributed by atoms with Gasteiger partial charge < -0.3 is 0 Å². The predicted molar refractivity (Wildman–Crippen MR) is 193 cm³/mol. The van der Waals surface area contributed by atoms with E-state index in [1.807, 2.05) is 0 Å². The van der Waals surface area contributed by atoms with Crippen LogP contribution >= 0.6 is 0 Å². The summed E-state index contributed by atoms with van der Waals surface area (Å²) in [4.78, 5) is 0. The lowest BCUT2D eigenvalue weighted by Crippen LogP contribution is -2.12. The van der Waals surface area contributed by atoms with Crippen molar-refractivity contribution >= 4 is 21.5 Å². The van der Waals surface area contributed by atoms with E-state index in [0.29, 0.717) is 0 Å². The molecule has 0 amide bonds. The van der Waals surface area contributed by atoms with Gasteiger partial charge in [-0.25, -0.2) is 0 Å². The molecule has 0 heteroatoms. The first-order chi connectivity index (χ1) is 20.7. The first kappa shape index (κ1) is 28.6. The molecule has 6 aromatic carbocycles. The number of benzene rings is 6. The highest BCUT2D eigenvalue weighted by Crippen LogP contribution is 2.59. The van der Waals surface area contributed by atoms with Crippen LogP contribution in [0.15, 0.2) is 103 Å². The van der Waals surface area contributed by atoms with E-state index in [9.17, 15) is 0 Å².